The minimum atomic E-state index is -0.352. The molecular weight excluding hydrogens is 335 g/mol. The first-order chi connectivity index (χ1) is 12.7. The van der Waals surface area contributed by atoms with Gasteiger partial charge >= 0.3 is 0 Å². The summed E-state index contributed by atoms with van der Waals surface area (Å²) in [5.41, 5.74) is 1.04. The maximum Gasteiger partial charge on any atom is 0.276 e. The number of hydrogen-bond acceptors (Lipinski definition) is 5. The van der Waals surface area contributed by atoms with E-state index in [1.165, 1.54) is 6.07 Å². The van der Waals surface area contributed by atoms with Crippen molar-refractivity contribution in [3.8, 4) is 11.6 Å². The van der Waals surface area contributed by atoms with Gasteiger partial charge in [-0.1, -0.05) is 29.4 Å². The lowest BCUT2D eigenvalue weighted by Crippen LogP contribution is -2.30. The molecule has 0 N–H and O–H groups in total. The highest BCUT2D eigenvalue weighted by Crippen LogP contribution is 2.27. The van der Waals surface area contributed by atoms with E-state index in [0.717, 1.165) is 6.42 Å². The van der Waals surface area contributed by atoms with Gasteiger partial charge in [-0.15, -0.1) is 0 Å². The fourth-order valence-corrected chi connectivity index (χ4v) is 3.11. The van der Waals surface area contributed by atoms with E-state index < -0.39 is 0 Å². The van der Waals surface area contributed by atoms with Crippen LogP contribution in [0.1, 0.15) is 23.7 Å². The highest BCUT2D eigenvalue weighted by molar-refractivity contribution is 5.79. The van der Waals surface area contributed by atoms with Crippen LogP contribution in [0.3, 0.4) is 0 Å². The van der Waals surface area contributed by atoms with Gasteiger partial charge in [-0.25, -0.2) is 4.39 Å². The monoisotopic (exact) mass is 352 g/mol. The van der Waals surface area contributed by atoms with Crippen LogP contribution < -0.4 is 0 Å². The van der Waals surface area contributed by atoms with Crippen molar-refractivity contribution < 1.29 is 13.7 Å². The van der Waals surface area contributed by atoms with Crippen LogP contribution >= 0.6 is 0 Å². The number of hydrogen-bond donors (Lipinski definition) is 0. The van der Waals surface area contributed by atoms with E-state index in [4.69, 9.17) is 4.52 Å². The second-order valence-electron chi connectivity index (χ2n) is 6.27. The van der Waals surface area contributed by atoms with E-state index in [-0.39, 0.29) is 24.1 Å². The quantitative estimate of drug-likeness (QED) is 0.722. The van der Waals surface area contributed by atoms with Gasteiger partial charge in [0, 0.05) is 25.2 Å². The van der Waals surface area contributed by atoms with Crippen LogP contribution in [0.15, 0.2) is 53.2 Å². The Hall–Kier alpha value is -3.09. The molecule has 0 radical (unpaired) electrons. The van der Waals surface area contributed by atoms with Crippen molar-refractivity contribution in [1.82, 2.24) is 20.0 Å². The van der Waals surface area contributed by atoms with Gasteiger partial charge in [0.05, 0.1) is 6.42 Å². The van der Waals surface area contributed by atoms with E-state index >= 15 is 0 Å². The summed E-state index contributed by atoms with van der Waals surface area (Å²) in [7, 11) is 0. The second-order valence-corrected chi connectivity index (χ2v) is 6.27. The summed E-state index contributed by atoms with van der Waals surface area (Å²) in [6.07, 6.45) is 2.48. The van der Waals surface area contributed by atoms with Crippen molar-refractivity contribution in [3.05, 3.63) is 65.9 Å². The zero-order valence-electron chi connectivity index (χ0n) is 14.0. The van der Waals surface area contributed by atoms with E-state index in [1.807, 2.05) is 12.1 Å². The lowest BCUT2D eigenvalue weighted by Gasteiger charge is -2.16. The van der Waals surface area contributed by atoms with Crippen LogP contribution in [0.5, 0.6) is 0 Å². The average Bonchev–Trinajstić information content (AvgIpc) is 3.34. The lowest BCUT2D eigenvalue weighted by atomic mass is 10.1. The molecule has 3 aromatic rings. The lowest BCUT2D eigenvalue weighted by molar-refractivity contribution is -0.129. The summed E-state index contributed by atoms with van der Waals surface area (Å²) in [5.74, 6) is 0.519. The molecule has 1 aliphatic rings. The van der Waals surface area contributed by atoms with E-state index in [9.17, 15) is 9.18 Å². The first-order valence-corrected chi connectivity index (χ1v) is 8.47. The SMILES string of the molecule is O=C(Cc1ccccc1F)N1CCC(c2noc(-c3ccccn3)n2)C1. The van der Waals surface area contributed by atoms with Crippen LogP contribution in [0.4, 0.5) is 4.39 Å². The number of carbonyl (C=O) groups is 1. The largest absolute Gasteiger partial charge is 0.342 e. The molecule has 3 heterocycles. The van der Waals surface area contributed by atoms with Gasteiger partial charge in [0.2, 0.25) is 5.91 Å². The molecular formula is C19H17FN4O2. The third kappa shape index (κ3) is 3.33. The highest BCUT2D eigenvalue weighted by atomic mass is 19.1. The average molecular weight is 352 g/mol. The summed E-state index contributed by atoms with van der Waals surface area (Å²) in [5, 5.41) is 4.04. The molecule has 1 atom stereocenters. The molecule has 26 heavy (non-hydrogen) atoms. The molecule has 6 nitrogen and oxygen atoms in total. The Labute approximate surface area is 149 Å². The van der Waals surface area contributed by atoms with E-state index in [0.29, 0.717) is 36.1 Å². The maximum atomic E-state index is 13.7. The molecule has 0 bridgehead atoms. The Morgan fingerprint density at radius 2 is 2.08 bits per heavy atom. The molecule has 0 spiro atoms. The fraction of sp³-hybridized carbons (Fsp3) is 0.263. The van der Waals surface area contributed by atoms with Crippen LogP contribution in [0.25, 0.3) is 11.6 Å². The predicted octanol–water partition coefficient (Wildman–Crippen LogP) is 2.83. The zero-order valence-corrected chi connectivity index (χ0v) is 14.0. The van der Waals surface area contributed by atoms with Gasteiger partial charge in [0.1, 0.15) is 11.5 Å². The first kappa shape index (κ1) is 16.4. The number of likely N-dealkylation sites (tertiary alicyclic amines) is 1. The van der Waals surface area contributed by atoms with Crippen molar-refractivity contribution in [2.75, 3.05) is 13.1 Å². The summed E-state index contributed by atoms with van der Waals surface area (Å²) < 4.78 is 19.0. The number of aromatic nitrogens is 3. The molecule has 7 heteroatoms. The highest BCUT2D eigenvalue weighted by Gasteiger charge is 2.31. The Kier molecular flexibility index (Phi) is 4.43. The molecule has 1 aliphatic heterocycles. The van der Waals surface area contributed by atoms with Crippen LogP contribution in [0, 0.1) is 5.82 Å². The predicted molar refractivity (Wildman–Crippen MR) is 91.6 cm³/mol. The van der Waals surface area contributed by atoms with Crippen molar-refractivity contribution >= 4 is 5.91 Å². The number of carbonyl (C=O) groups excluding carboxylic acids is 1. The number of halogens is 1. The number of benzene rings is 1. The minimum absolute atomic E-state index is 0.0146. The fourth-order valence-electron chi connectivity index (χ4n) is 3.11. The van der Waals surface area contributed by atoms with Gasteiger partial charge in [0.25, 0.3) is 5.89 Å². The van der Waals surface area contributed by atoms with E-state index in [1.54, 1.807) is 35.4 Å². The van der Waals surface area contributed by atoms with Crippen molar-refractivity contribution in [1.29, 1.82) is 0 Å². The topological polar surface area (TPSA) is 72.1 Å². The summed E-state index contributed by atoms with van der Waals surface area (Å²) in [6, 6.07) is 11.8. The molecule has 0 saturated carbocycles. The Morgan fingerprint density at radius 3 is 2.88 bits per heavy atom. The summed E-state index contributed by atoms with van der Waals surface area (Å²) in [4.78, 5) is 22.8. The Morgan fingerprint density at radius 1 is 1.23 bits per heavy atom. The van der Waals surface area contributed by atoms with Gasteiger partial charge in [-0.2, -0.15) is 4.98 Å². The van der Waals surface area contributed by atoms with Gasteiger partial charge in [-0.3, -0.25) is 9.78 Å². The van der Waals surface area contributed by atoms with Crippen molar-refractivity contribution in [3.63, 3.8) is 0 Å². The van der Waals surface area contributed by atoms with Crippen molar-refractivity contribution in [2.45, 2.75) is 18.8 Å². The Bertz CT molecular complexity index is 913. The molecule has 1 saturated heterocycles. The number of nitrogens with zero attached hydrogens (tertiary/aromatic N) is 4. The summed E-state index contributed by atoms with van der Waals surface area (Å²) >= 11 is 0. The first-order valence-electron chi connectivity index (χ1n) is 8.47. The van der Waals surface area contributed by atoms with Gasteiger partial charge < -0.3 is 9.42 Å². The second kappa shape index (κ2) is 7.03. The minimum Gasteiger partial charge on any atom is -0.342 e. The number of pyridine rings is 1. The van der Waals surface area contributed by atoms with Gasteiger partial charge in [-0.05, 0) is 30.2 Å². The molecule has 1 amide bonds. The number of rotatable bonds is 4. The van der Waals surface area contributed by atoms with Crippen LogP contribution in [0.2, 0.25) is 0 Å². The smallest absolute Gasteiger partial charge is 0.276 e. The molecule has 1 fully saturated rings. The molecule has 132 valence electrons. The molecule has 1 unspecified atom stereocenters. The molecule has 0 aliphatic carbocycles. The normalized spacial score (nSPS) is 16.8. The zero-order chi connectivity index (χ0) is 17.9. The van der Waals surface area contributed by atoms with Crippen LogP contribution in [-0.4, -0.2) is 39.0 Å². The molecule has 1 aromatic carbocycles. The third-order valence-electron chi connectivity index (χ3n) is 4.53. The van der Waals surface area contributed by atoms with Crippen molar-refractivity contribution in [2.24, 2.45) is 0 Å². The molecule has 2 aromatic heterocycles. The third-order valence-corrected chi connectivity index (χ3v) is 4.53. The standard InChI is InChI=1S/C19H17FN4O2/c20-15-6-2-1-5-13(15)11-17(25)24-10-8-14(12-24)18-22-19(26-23-18)16-7-3-4-9-21-16/h1-7,9,14H,8,10-12H2. The summed E-state index contributed by atoms with van der Waals surface area (Å²) in [6.45, 7) is 1.11. The maximum absolute atomic E-state index is 13.7. The van der Waals surface area contributed by atoms with Gasteiger partial charge in [0.15, 0.2) is 5.82 Å². The Balaban J connectivity index is 1.42. The van der Waals surface area contributed by atoms with E-state index in [2.05, 4.69) is 15.1 Å². The molecule has 4 rings (SSSR count). The van der Waals surface area contributed by atoms with Crippen LogP contribution in [-0.2, 0) is 11.2 Å². The number of amides is 1.